The lowest BCUT2D eigenvalue weighted by atomic mass is 10.1. The fraction of sp³-hybridized carbons (Fsp3) is 0.261. The molecule has 178 valence electrons. The van der Waals surface area contributed by atoms with Crippen LogP contribution in [0.3, 0.4) is 0 Å². The van der Waals surface area contributed by atoms with Crippen LogP contribution in [-0.4, -0.2) is 21.0 Å². The summed E-state index contributed by atoms with van der Waals surface area (Å²) in [7, 11) is 0. The summed E-state index contributed by atoms with van der Waals surface area (Å²) >= 11 is 4.42. The Hall–Kier alpha value is -2.50. The van der Waals surface area contributed by atoms with Gasteiger partial charge >= 0.3 is 12.1 Å². The van der Waals surface area contributed by atoms with E-state index in [2.05, 4.69) is 9.97 Å². The van der Waals surface area contributed by atoms with Gasteiger partial charge in [0.1, 0.15) is 10.8 Å². The Morgan fingerprint density at radius 1 is 1.12 bits per heavy atom. The van der Waals surface area contributed by atoms with Crippen LogP contribution in [0.2, 0.25) is 0 Å². The predicted octanol–water partition coefficient (Wildman–Crippen LogP) is 7.50. The molecular formula is C23H18F4N2O2S3. The highest BCUT2D eigenvalue weighted by Gasteiger charge is 2.34. The van der Waals surface area contributed by atoms with Gasteiger partial charge in [-0.05, 0) is 43.7 Å². The molecule has 0 aliphatic rings. The first-order valence-corrected chi connectivity index (χ1v) is 12.7. The van der Waals surface area contributed by atoms with Crippen molar-refractivity contribution >= 4 is 50.6 Å². The number of aromatic nitrogens is 2. The average molecular weight is 527 g/mol. The molecule has 0 aliphatic carbocycles. The second-order valence-corrected chi connectivity index (χ2v) is 10.8. The molecule has 0 spiro atoms. The maximum Gasteiger partial charge on any atom is 0.419 e. The maximum atomic E-state index is 14.0. The van der Waals surface area contributed by atoms with Crippen molar-refractivity contribution in [1.82, 2.24) is 9.97 Å². The number of halogens is 4. The van der Waals surface area contributed by atoms with E-state index in [0.29, 0.717) is 22.7 Å². The molecule has 4 aromatic rings. The zero-order chi connectivity index (χ0) is 24.6. The molecule has 2 heterocycles. The number of fused-ring (bicyclic) bond motifs is 1. The van der Waals surface area contributed by atoms with Gasteiger partial charge in [0.25, 0.3) is 0 Å². The summed E-state index contributed by atoms with van der Waals surface area (Å²) in [6, 6.07) is 6.88. The van der Waals surface area contributed by atoms with Gasteiger partial charge in [-0.15, -0.1) is 34.4 Å². The number of thioether (sulfide) groups is 1. The lowest BCUT2D eigenvalue weighted by molar-refractivity contribution is -0.140. The molecule has 0 unspecified atom stereocenters. The first-order chi connectivity index (χ1) is 16.0. The second-order valence-electron chi connectivity index (χ2n) is 7.60. The van der Waals surface area contributed by atoms with Gasteiger partial charge in [0, 0.05) is 27.5 Å². The fourth-order valence-corrected chi connectivity index (χ4v) is 6.60. The lowest BCUT2D eigenvalue weighted by Gasteiger charge is -2.08. The van der Waals surface area contributed by atoms with Gasteiger partial charge in [-0.25, -0.2) is 14.4 Å². The van der Waals surface area contributed by atoms with E-state index < -0.39 is 23.5 Å². The van der Waals surface area contributed by atoms with Crippen LogP contribution >= 0.6 is 34.4 Å². The molecular weight excluding hydrogens is 508 g/mol. The highest BCUT2D eigenvalue weighted by Crippen LogP contribution is 2.38. The van der Waals surface area contributed by atoms with Gasteiger partial charge in [-0.2, -0.15) is 13.2 Å². The number of benzene rings is 2. The minimum Gasteiger partial charge on any atom is -0.481 e. The Balaban J connectivity index is 1.51. The summed E-state index contributed by atoms with van der Waals surface area (Å²) in [6.07, 6.45) is -4.31. The highest BCUT2D eigenvalue weighted by molar-refractivity contribution is 7.98. The molecule has 0 radical (unpaired) electrons. The Labute approximate surface area is 204 Å². The van der Waals surface area contributed by atoms with Crippen molar-refractivity contribution in [3.63, 3.8) is 0 Å². The summed E-state index contributed by atoms with van der Waals surface area (Å²) in [5.41, 5.74) is 1.65. The van der Waals surface area contributed by atoms with Crippen molar-refractivity contribution in [2.24, 2.45) is 0 Å². The standard InChI is InChI=1S/C23H18F4N2O2S3/c1-11-7-16-18(33-20(29-16)5-6-21(30)31)9-17(11)32-10-19-12(2)28-22(34-19)13-3-4-14(15(24)8-13)23(25,26)27/h3-4,7-9H,5-6,10H2,1-2H3,(H,30,31). The quantitative estimate of drug-likeness (QED) is 0.200. The van der Waals surface area contributed by atoms with Crippen molar-refractivity contribution in [2.45, 2.75) is 43.5 Å². The molecule has 11 heteroatoms. The third-order valence-electron chi connectivity index (χ3n) is 5.06. The SMILES string of the molecule is Cc1cc2nc(CCC(=O)O)sc2cc1SCc1sc(-c2ccc(C(F)(F)F)c(F)c2)nc1C. The number of hydrogen-bond acceptors (Lipinski definition) is 6. The van der Waals surface area contributed by atoms with Crippen molar-refractivity contribution in [3.8, 4) is 10.6 Å². The van der Waals surface area contributed by atoms with Crippen LogP contribution < -0.4 is 0 Å². The number of nitrogens with zero attached hydrogens (tertiary/aromatic N) is 2. The number of thiazole rings is 2. The van der Waals surface area contributed by atoms with Crippen molar-refractivity contribution in [3.05, 3.63) is 62.9 Å². The van der Waals surface area contributed by atoms with E-state index in [1.165, 1.54) is 28.7 Å². The van der Waals surface area contributed by atoms with E-state index in [-0.39, 0.29) is 6.42 Å². The monoisotopic (exact) mass is 526 g/mol. The number of aliphatic carboxylic acids is 1. The largest absolute Gasteiger partial charge is 0.481 e. The molecule has 0 saturated heterocycles. The van der Waals surface area contributed by atoms with Crippen molar-refractivity contribution in [2.75, 3.05) is 0 Å². The van der Waals surface area contributed by atoms with E-state index in [1.54, 1.807) is 11.8 Å². The van der Waals surface area contributed by atoms with E-state index >= 15 is 0 Å². The highest BCUT2D eigenvalue weighted by atomic mass is 32.2. The zero-order valence-corrected chi connectivity index (χ0v) is 20.4. The minimum atomic E-state index is -4.74. The molecule has 1 N–H and O–H groups in total. The second kappa shape index (κ2) is 9.63. The molecule has 0 fully saturated rings. The van der Waals surface area contributed by atoms with Crippen molar-refractivity contribution in [1.29, 1.82) is 0 Å². The van der Waals surface area contributed by atoms with Crippen molar-refractivity contribution < 1.29 is 27.5 Å². The number of carboxylic acids is 1. The van der Waals surface area contributed by atoms with E-state index in [9.17, 15) is 22.4 Å². The van der Waals surface area contributed by atoms with Gasteiger partial charge in [0.15, 0.2) is 0 Å². The molecule has 0 aliphatic heterocycles. The third kappa shape index (κ3) is 5.42. The molecule has 34 heavy (non-hydrogen) atoms. The zero-order valence-electron chi connectivity index (χ0n) is 18.0. The Morgan fingerprint density at radius 2 is 1.88 bits per heavy atom. The van der Waals surface area contributed by atoms with Crippen LogP contribution in [0.5, 0.6) is 0 Å². The number of carboxylic acid groups (broad SMARTS) is 1. The van der Waals surface area contributed by atoms with Crippen LogP contribution in [0.15, 0.2) is 35.2 Å². The first kappa shape index (κ1) is 24.6. The number of rotatable bonds is 7. The average Bonchev–Trinajstić information content (AvgIpc) is 3.32. The number of alkyl halides is 3. The molecule has 2 aromatic heterocycles. The molecule has 0 saturated carbocycles. The fourth-order valence-electron chi connectivity index (χ4n) is 3.29. The summed E-state index contributed by atoms with van der Waals surface area (Å²) in [4.78, 5) is 21.8. The molecule has 4 nitrogen and oxygen atoms in total. The Bertz CT molecular complexity index is 1380. The summed E-state index contributed by atoms with van der Waals surface area (Å²) in [5.74, 6) is -1.57. The van der Waals surface area contributed by atoms with Gasteiger partial charge in [0.05, 0.1) is 32.9 Å². The van der Waals surface area contributed by atoms with E-state index in [4.69, 9.17) is 5.11 Å². The molecule has 0 amide bonds. The first-order valence-electron chi connectivity index (χ1n) is 10.1. The van der Waals surface area contributed by atoms with E-state index in [0.717, 1.165) is 48.4 Å². The van der Waals surface area contributed by atoms with Crippen LogP contribution in [0.25, 0.3) is 20.8 Å². The summed E-state index contributed by atoms with van der Waals surface area (Å²) in [6.45, 7) is 3.80. The molecule has 4 rings (SSSR count). The van der Waals surface area contributed by atoms with Gasteiger partial charge in [-0.3, -0.25) is 4.79 Å². The lowest BCUT2D eigenvalue weighted by Crippen LogP contribution is -2.07. The minimum absolute atomic E-state index is 0.0379. The summed E-state index contributed by atoms with van der Waals surface area (Å²) in [5, 5.41) is 10.1. The molecule has 0 bridgehead atoms. The molecule has 2 aromatic carbocycles. The topological polar surface area (TPSA) is 63.1 Å². The number of carbonyl (C=O) groups is 1. The van der Waals surface area contributed by atoms with Crippen LogP contribution in [-0.2, 0) is 23.1 Å². The van der Waals surface area contributed by atoms with Gasteiger partial charge in [-0.1, -0.05) is 6.07 Å². The Kier molecular flexibility index (Phi) is 6.97. The van der Waals surface area contributed by atoms with Gasteiger partial charge < -0.3 is 5.11 Å². The number of hydrogen-bond donors (Lipinski definition) is 1. The summed E-state index contributed by atoms with van der Waals surface area (Å²) < 4.78 is 53.5. The smallest absolute Gasteiger partial charge is 0.419 e. The Morgan fingerprint density at radius 3 is 2.56 bits per heavy atom. The number of aryl methyl sites for hydroxylation is 3. The van der Waals surface area contributed by atoms with Crippen LogP contribution in [0.1, 0.15) is 33.1 Å². The third-order valence-corrected chi connectivity index (χ3v) is 8.71. The predicted molar refractivity (Wildman–Crippen MR) is 127 cm³/mol. The maximum absolute atomic E-state index is 14.0. The van der Waals surface area contributed by atoms with E-state index in [1.807, 2.05) is 26.0 Å². The van der Waals surface area contributed by atoms with Gasteiger partial charge in [0.2, 0.25) is 0 Å². The molecule has 0 atom stereocenters. The van der Waals surface area contributed by atoms with Crippen LogP contribution in [0.4, 0.5) is 17.6 Å². The normalized spacial score (nSPS) is 11.9. The van der Waals surface area contributed by atoms with Crippen LogP contribution in [0, 0.1) is 19.7 Å².